The van der Waals surface area contributed by atoms with E-state index in [-0.39, 0.29) is 0 Å². The van der Waals surface area contributed by atoms with Crippen LogP contribution in [-0.2, 0) is 6.42 Å². The summed E-state index contributed by atoms with van der Waals surface area (Å²) in [5.74, 6) is 0. The monoisotopic (exact) mass is 202 g/mol. The molecule has 2 rings (SSSR count). The van der Waals surface area contributed by atoms with Crippen molar-refractivity contribution in [2.45, 2.75) is 13.3 Å². The van der Waals surface area contributed by atoms with Gasteiger partial charge in [-0.3, -0.25) is 0 Å². The van der Waals surface area contributed by atoms with Gasteiger partial charge in [-0.15, -0.1) is 11.3 Å². The molecule has 3 heteroatoms. The standard InChI is InChI=1S/C11H10N2S/c1-2-8-5-9-7(6-12)3-4-10(13)11(9)14-8/h3-5H,2,13H2,1H3. The number of anilines is 1. The molecule has 1 heterocycles. The predicted octanol–water partition coefficient (Wildman–Crippen LogP) is 2.92. The lowest BCUT2D eigenvalue weighted by Crippen LogP contribution is -1.85. The topological polar surface area (TPSA) is 49.8 Å². The summed E-state index contributed by atoms with van der Waals surface area (Å²) in [6, 6.07) is 7.83. The molecular weight excluding hydrogens is 192 g/mol. The number of thiophene rings is 1. The minimum absolute atomic E-state index is 0.713. The number of fused-ring (bicyclic) bond motifs is 1. The van der Waals surface area contributed by atoms with E-state index in [4.69, 9.17) is 11.0 Å². The number of nitrogen functional groups attached to an aromatic ring is 1. The van der Waals surface area contributed by atoms with Crippen molar-refractivity contribution >= 4 is 27.1 Å². The van der Waals surface area contributed by atoms with E-state index in [2.05, 4.69) is 19.1 Å². The van der Waals surface area contributed by atoms with Crippen LogP contribution in [0.3, 0.4) is 0 Å². The van der Waals surface area contributed by atoms with Gasteiger partial charge in [0.1, 0.15) is 0 Å². The van der Waals surface area contributed by atoms with E-state index in [9.17, 15) is 0 Å². The fourth-order valence-corrected chi connectivity index (χ4v) is 2.51. The molecule has 0 saturated heterocycles. The molecule has 0 spiro atoms. The fourth-order valence-electron chi connectivity index (χ4n) is 1.47. The Morgan fingerprint density at radius 3 is 2.93 bits per heavy atom. The minimum Gasteiger partial charge on any atom is -0.398 e. The van der Waals surface area contributed by atoms with Crippen LogP contribution in [-0.4, -0.2) is 0 Å². The van der Waals surface area contributed by atoms with Crippen LogP contribution < -0.4 is 5.73 Å². The lowest BCUT2D eigenvalue weighted by molar-refractivity contribution is 1.19. The third-order valence-corrected chi connectivity index (χ3v) is 3.56. The van der Waals surface area contributed by atoms with Crippen molar-refractivity contribution in [3.05, 3.63) is 28.6 Å². The molecule has 0 saturated carbocycles. The Hall–Kier alpha value is -1.53. The molecule has 2 nitrogen and oxygen atoms in total. The first kappa shape index (κ1) is 9.04. The average molecular weight is 202 g/mol. The summed E-state index contributed by atoms with van der Waals surface area (Å²) in [5, 5.41) is 9.92. The number of hydrogen-bond donors (Lipinski definition) is 1. The predicted molar refractivity (Wildman–Crippen MR) is 60.3 cm³/mol. The van der Waals surface area contributed by atoms with Gasteiger partial charge in [-0.05, 0) is 24.6 Å². The van der Waals surface area contributed by atoms with E-state index in [1.165, 1.54) is 4.88 Å². The first-order valence-electron chi connectivity index (χ1n) is 4.47. The molecule has 0 unspecified atom stereocenters. The summed E-state index contributed by atoms with van der Waals surface area (Å²) >= 11 is 1.68. The molecule has 1 aromatic carbocycles. The Morgan fingerprint density at radius 1 is 1.50 bits per heavy atom. The number of aryl methyl sites for hydroxylation is 1. The number of nitriles is 1. The maximum atomic E-state index is 8.92. The lowest BCUT2D eigenvalue weighted by Gasteiger charge is -1.96. The van der Waals surface area contributed by atoms with Gasteiger partial charge in [-0.2, -0.15) is 5.26 Å². The summed E-state index contributed by atoms with van der Waals surface area (Å²) in [4.78, 5) is 1.27. The number of nitrogens with zero attached hydrogens (tertiary/aromatic N) is 1. The van der Waals surface area contributed by atoms with Crippen LogP contribution in [0.5, 0.6) is 0 Å². The van der Waals surface area contributed by atoms with Crippen molar-refractivity contribution in [3.63, 3.8) is 0 Å². The molecule has 0 aliphatic rings. The smallest absolute Gasteiger partial charge is 0.0998 e. The minimum atomic E-state index is 0.713. The summed E-state index contributed by atoms with van der Waals surface area (Å²) < 4.78 is 1.04. The number of hydrogen-bond acceptors (Lipinski definition) is 3. The zero-order valence-corrected chi connectivity index (χ0v) is 8.69. The fraction of sp³-hybridized carbons (Fsp3) is 0.182. The molecule has 2 N–H and O–H groups in total. The number of benzene rings is 1. The van der Waals surface area contributed by atoms with Gasteiger partial charge in [0.25, 0.3) is 0 Å². The maximum Gasteiger partial charge on any atom is 0.0998 e. The molecule has 0 aliphatic carbocycles. The molecule has 0 fully saturated rings. The second kappa shape index (κ2) is 3.32. The highest BCUT2D eigenvalue weighted by Gasteiger charge is 2.07. The van der Waals surface area contributed by atoms with E-state index in [0.717, 1.165) is 22.2 Å². The Balaban J connectivity index is 2.83. The van der Waals surface area contributed by atoms with E-state index in [1.807, 2.05) is 0 Å². The Kier molecular flexibility index (Phi) is 2.14. The van der Waals surface area contributed by atoms with Crippen molar-refractivity contribution in [1.82, 2.24) is 0 Å². The van der Waals surface area contributed by atoms with Gasteiger partial charge in [0.15, 0.2) is 0 Å². The van der Waals surface area contributed by atoms with Crippen LogP contribution >= 0.6 is 11.3 Å². The SMILES string of the molecule is CCc1cc2c(C#N)ccc(N)c2s1. The summed E-state index contributed by atoms with van der Waals surface area (Å²) in [6.45, 7) is 2.10. The zero-order chi connectivity index (χ0) is 10.1. The summed E-state index contributed by atoms with van der Waals surface area (Å²) in [7, 11) is 0. The first-order valence-corrected chi connectivity index (χ1v) is 5.29. The second-order valence-electron chi connectivity index (χ2n) is 3.12. The molecule has 0 atom stereocenters. The normalized spacial score (nSPS) is 10.3. The lowest BCUT2D eigenvalue weighted by atomic mass is 10.1. The number of nitrogens with two attached hydrogens (primary N) is 1. The van der Waals surface area contributed by atoms with E-state index in [0.29, 0.717) is 5.56 Å². The Labute approximate surface area is 86.6 Å². The third kappa shape index (κ3) is 1.24. The quantitative estimate of drug-likeness (QED) is 0.723. The molecule has 2 aromatic rings. The van der Waals surface area contributed by atoms with Gasteiger partial charge in [0, 0.05) is 16.0 Å². The van der Waals surface area contributed by atoms with E-state index in [1.54, 1.807) is 23.5 Å². The van der Waals surface area contributed by atoms with Gasteiger partial charge in [0.2, 0.25) is 0 Å². The van der Waals surface area contributed by atoms with Gasteiger partial charge in [0.05, 0.1) is 16.3 Å². The van der Waals surface area contributed by atoms with Gasteiger partial charge >= 0.3 is 0 Å². The van der Waals surface area contributed by atoms with Gasteiger partial charge < -0.3 is 5.73 Å². The largest absolute Gasteiger partial charge is 0.398 e. The van der Waals surface area contributed by atoms with Crippen molar-refractivity contribution in [3.8, 4) is 6.07 Å². The van der Waals surface area contributed by atoms with Gasteiger partial charge in [-0.1, -0.05) is 6.92 Å². The van der Waals surface area contributed by atoms with Crippen molar-refractivity contribution in [1.29, 1.82) is 5.26 Å². The first-order chi connectivity index (χ1) is 6.76. The number of rotatable bonds is 1. The molecule has 0 aliphatic heterocycles. The summed E-state index contributed by atoms with van der Waals surface area (Å²) in [6.07, 6.45) is 0.990. The Morgan fingerprint density at radius 2 is 2.29 bits per heavy atom. The zero-order valence-electron chi connectivity index (χ0n) is 7.87. The molecule has 1 aromatic heterocycles. The second-order valence-corrected chi connectivity index (χ2v) is 4.26. The maximum absolute atomic E-state index is 8.92. The average Bonchev–Trinajstić information content (AvgIpc) is 2.63. The molecule has 14 heavy (non-hydrogen) atoms. The molecule has 0 amide bonds. The third-order valence-electron chi connectivity index (χ3n) is 2.23. The molecular formula is C11H10N2S. The van der Waals surface area contributed by atoms with Crippen molar-refractivity contribution < 1.29 is 0 Å². The van der Waals surface area contributed by atoms with Crippen molar-refractivity contribution in [2.24, 2.45) is 0 Å². The van der Waals surface area contributed by atoms with Crippen molar-refractivity contribution in [2.75, 3.05) is 5.73 Å². The highest BCUT2D eigenvalue weighted by Crippen LogP contribution is 2.32. The van der Waals surface area contributed by atoms with E-state index < -0.39 is 0 Å². The highest BCUT2D eigenvalue weighted by molar-refractivity contribution is 7.19. The summed E-state index contributed by atoms with van der Waals surface area (Å²) in [5.41, 5.74) is 7.33. The van der Waals surface area contributed by atoms with Crippen LogP contribution in [0.25, 0.3) is 10.1 Å². The van der Waals surface area contributed by atoms with Crippen LogP contribution in [0.15, 0.2) is 18.2 Å². The highest BCUT2D eigenvalue weighted by atomic mass is 32.1. The Bertz CT molecular complexity index is 520. The molecule has 70 valence electrons. The molecule has 0 radical (unpaired) electrons. The van der Waals surface area contributed by atoms with Crippen LogP contribution in [0.2, 0.25) is 0 Å². The van der Waals surface area contributed by atoms with Crippen LogP contribution in [0.1, 0.15) is 17.4 Å². The van der Waals surface area contributed by atoms with Gasteiger partial charge in [-0.25, -0.2) is 0 Å². The van der Waals surface area contributed by atoms with Crippen LogP contribution in [0, 0.1) is 11.3 Å². The van der Waals surface area contributed by atoms with Crippen LogP contribution in [0.4, 0.5) is 5.69 Å². The van der Waals surface area contributed by atoms with E-state index >= 15 is 0 Å². The molecule has 0 bridgehead atoms.